The van der Waals surface area contributed by atoms with Crippen molar-refractivity contribution in [2.75, 3.05) is 42.6 Å². The maximum atomic E-state index is 13.4. The normalized spacial score (nSPS) is 22.0. The van der Waals surface area contributed by atoms with Crippen LogP contribution in [0.15, 0.2) is 72.8 Å². The molecule has 0 bridgehead atoms. The van der Waals surface area contributed by atoms with E-state index in [1.54, 1.807) is 30.3 Å². The van der Waals surface area contributed by atoms with Crippen LogP contribution in [0.5, 0.6) is 5.75 Å². The third-order valence-corrected chi connectivity index (χ3v) is 7.64. The van der Waals surface area contributed by atoms with Crippen molar-refractivity contribution in [3.63, 3.8) is 0 Å². The maximum Gasteiger partial charge on any atom is 0.573 e. The Morgan fingerprint density at radius 3 is 2.49 bits per heavy atom. The first-order chi connectivity index (χ1) is 19.3. The summed E-state index contributed by atoms with van der Waals surface area (Å²) in [6.45, 7) is 3.24. The number of anilines is 2. The molecule has 1 unspecified atom stereocenters. The van der Waals surface area contributed by atoms with Crippen molar-refractivity contribution in [2.45, 2.75) is 43.5 Å². The van der Waals surface area contributed by atoms with Crippen molar-refractivity contribution in [3.05, 3.63) is 89.5 Å². The van der Waals surface area contributed by atoms with Gasteiger partial charge in [-0.05, 0) is 60.4 Å². The number of hydrogen-bond acceptors (Lipinski definition) is 5. The summed E-state index contributed by atoms with van der Waals surface area (Å²) >= 11 is 0. The molecule has 41 heavy (non-hydrogen) atoms. The van der Waals surface area contributed by atoms with Crippen LogP contribution in [-0.2, 0) is 16.6 Å². The van der Waals surface area contributed by atoms with Gasteiger partial charge < -0.3 is 24.4 Å². The van der Waals surface area contributed by atoms with Crippen LogP contribution in [-0.4, -0.2) is 62.6 Å². The van der Waals surface area contributed by atoms with E-state index in [-0.39, 0.29) is 19.1 Å². The molecule has 3 atom stereocenters. The lowest BCUT2D eigenvalue weighted by molar-refractivity contribution is -0.274. The fraction of sp³-hybridized carbons (Fsp3) is 0.400. The lowest BCUT2D eigenvalue weighted by Crippen LogP contribution is -2.44. The molecule has 0 radical (unpaired) electrons. The molecule has 0 aliphatic carbocycles. The second kappa shape index (κ2) is 11.1. The second-order valence-electron chi connectivity index (χ2n) is 10.6. The molecule has 11 heteroatoms. The van der Waals surface area contributed by atoms with Crippen LogP contribution in [0.3, 0.4) is 0 Å². The average molecular weight is 581 g/mol. The highest BCUT2D eigenvalue weighted by Gasteiger charge is 2.47. The molecule has 5 nitrogen and oxygen atoms in total. The Morgan fingerprint density at radius 1 is 1.00 bits per heavy atom. The van der Waals surface area contributed by atoms with E-state index in [9.17, 15) is 31.4 Å². The van der Waals surface area contributed by atoms with Crippen molar-refractivity contribution < 1.29 is 40.9 Å². The minimum Gasteiger partial charge on any atom is -0.406 e. The standard InChI is InChI=1S/C30H30F6N2O3/c1-20-17-37(12-13-40-20)23-8-4-6-21(14-23)16-28(22-7-5-9-24(15-22)41-30(34,35)36)19-38(18-27(39)29(31,32)33)26-11-3-2-10-25(26)28/h2-11,14-15,20,27,39H,12-13,16-19H2,1H3/t20-,27+,28?/m0/s1. The number of halogens is 6. The van der Waals surface area contributed by atoms with E-state index in [2.05, 4.69) is 9.64 Å². The van der Waals surface area contributed by atoms with Gasteiger partial charge in [-0.1, -0.05) is 42.5 Å². The van der Waals surface area contributed by atoms with E-state index in [1.165, 1.54) is 23.1 Å². The zero-order chi connectivity index (χ0) is 29.4. The highest BCUT2D eigenvalue weighted by atomic mass is 19.4. The molecule has 220 valence electrons. The van der Waals surface area contributed by atoms with Crippen molar-refractivity contribution >= 4 is 11.4 Å². The summed E-state index contributed by atoms with van der Waals surface area (Å²) in [6, 6.07) is 20.3. The highest BCUT2D eigenvalue weighted by Crippen LogP contribution is 2.48. The lowest BCUT2D eigenvalue weighted by atomic mass is 9.71. The van der Waals surface area contributed by atoms with Gasteiger partial charge in [-0.3, -0.25) is 0 Å². The average Bonchev–Trinajstić information content (AvgIpc) is 3.21. The molecule has 5 rings (SSSR count). The number of benzene rings is 3. The topological polar surface area (TPSA) is 45.2 Å². The molecule has 0 spiro atoms. The largest absolute Gasteiger partial charge is 0.573 e. The molecule has 1 N–H and O–H groups in total. The van der Waals surface area contributed by atoms with E-state index in [0.29, 0.717) is 36.5 Å². The van der Waals surface area contributed by atoms with E-state index in [4.69, 9.17) is 4.74 Å². The minimum absolute atomic E-state index is 0.00771. The number of nitrogens with zero attached hydrogens (tertiary/aromatic N) is 2. The molecule has 2 aliphatic rings. The zero-order valence-electron chi connectivity index (χ0n) is 22.3. The van der Waals surface area contributed by atoms with Gasteiger partial charge in [-0.15, -0.1) is 13.2 Å². The Morgan fingerprint density at radius 2 is 1.76 bits per heavy atom. The quantitative estimate of drug-likeness (QED) is 0.343. The van der Waals surface area contributed by atoms with Gasteiger partial charge in [-0.2, -0.15) is 13.2 Å². The number of ether oxygens (including phenoxy) is 2. The van der Waals surface area contributed by atoms with E-state index >= 15 is 0 Å². The molecule has 3 aromatic carbocycles. The second-order valence-corrected chi connectivity index (χ2v) is 10.6. The molecule has 2 aliphatic heterocycles. The Balaban J connectivity index is 1.59. The minimum atomic E-state index is -4.91. The number of para-hydroxylation sites is 1. The maximum absolute atomic E-state index is 13.4. The van der Waals surface area contributed by atoms with Crippen LogP contribution in [0.25, 0.3) is 0 Å². The Kier molecular flexibility index (Phi) is 7.86. The molecule has 3 aromatic rings. The summed E-state index contributed by atoms with van der Waals surface area (Å²) in [7, 11) is 0. The van der Waals surface area contributed by atoms with Crippen LogP contribution < -0.4 is 14.5 Å². The molecule has 0 aromatic heterocycles. The number of hydrogen-bond donors (Lipinski definition) is 1. The summed E-state index contributed by atoms with van der Waals surface area (Å²) in [5, 5.41) is 9.95. The summed E-state index contributed by atoms with van der Waals surface area (Å²) in [4.78, 5) is 3.65. The number of fused-ring (bicyclic) bond motifs is 1. The van der Waals surface area contributed by atoms with Gasteiger partial charge in [0.15, 0.2) is 6.10 Å². The summed E-state index contributed by atoms with van der Waals surface area (Å²) in [6.07, 6.45) is -12.0. The van der Waals surface area contributed by atoms with Crippen molar-refractivity contribution in [1.82, 2.24) is 0 Å². The monoisotopic (exact) mass is 580 g/mol. The SMILES string of the molecule is C[C@H]1CN(c2cccc(CC3(c4cccc(OC(F)(F)F)c4)CN(C[C@@H](O)C(F)(F)F)c4ccccc43)c2)CCO1. The first-order valence-corrected chi connectivity index (χ1v) is 13.3. The summed E-state index contributed by atoms with van der Waals surface area (Å²) in [5.41, 5.74) is 2.37. The number of morpholine rings is 1. The van der Waals surface area contributed by atoms with E-state index in [0.717, 1.165) is 11.3 Å². The molecular weight excluding hydrogens is 550 g/mol. The van der Waals surface area contributed by atoms with Crippen LogP contribution in [0.4, 0.5) is 37.7 Å². The van der Waals surface area contributed by atoms with Gasteiger partial charge >= 0.3 is 12.5 Å². The third-order valence-electron chi connectivity index (χ3n) is 7.64. The fourth-order valence-electron chi connectivity index (χ4n) is 5.88. The molecular formula is C30H30F6N2O3. The van der Waals surface area contributed by atoms with Crippen LogP contribution in [0.2, 0.25) is 0 Å². The van der Waals surface area contributed by atoms with Crippen molar-refractivity contribution in [1.29, 1.82) is 0 Å². The van der Waals surface area contributed by atoms with Gasteiger partial charge in [0.05, 0.1) is 19.3 Å². The number of rotatable bonds is 7. The fourth-order valence-corrected chi connectivity index (χ4v) is 5.88. The lowest BCUT2D eigenvalue weighted by Gasteiger charge is -2.35. The summed E-state index contributed by atoms with van der Waals surface area (Å²) < 4.78 is 89.4. The predicted octanol–water partition coefficient (Wildman–Crippen LogP) is 6.08. The Bertz CT molecular complexity index is 1360. The van der Waals surface area contributed by atoms with Gasteiger partial charge in [0.1, 0.15) is 5.75 Å². The van der Waals surface area contributed by atoms with Crippen LogP contribution in [0.1, 0.15) is 23.6 Å². The summed E-state index contributed by atoms with van der Waals surface area (Å²) in [5.74, 6) is -0.420. The first kappa shape index (κ1) is 29.1. The van der Waals surface area contributed by atoms with E-state index < -0.39 is 36.4 Å². The smallest absolute Gasteiger partial charge is 0.406 e. The molecule has 1 fully saturated rings. The molecule has 0 amide bonds. The zero-order valence-corrected chi connectivity index (χ0v) is 22.3. The Hall–Kier alpha value is -3.44. The van der Waals surface area contributed by atoms with Crippen molar-refractivity contribution in [3.8, 4) is 5.75 Å². The van der Waals surface area contributed by atoms with Gasteiger partial charge in [0.25, 0.3) is 0 Å². The number of aliphatic hydroxyl groups is 1. The third kappa shape index (κ3) is 6.41. The van der Waals surface area contributed by atoms with Crippen molar-refractivity contribution in [2.24, 2.45) is 0 Å². The van der Waals surface area contributed by atoms with Gasteiger partial charge in [0.2, 0.25) is 0 Å². The van der Waals surface area contributed by atoms with E-state index in [1.807, 2.05) is 31.2 Å². The molecule has 0 saturated carbocycles. The van der Waals surface area contributed by atoms with Gasteiger partial charge in [0, 0.05) is 36.4 Å². The highest BCUT2D eigenvalue weighted by molar-refractivity contribution is 5.67. The molecule has 1 saturated heterocycles. The molecule has 2 heterocycles. The number of aliphatic hydroxyl groups excluding tert-OH is 1. The Labute approximate surface area is 233 Å². The van der Waals surface area contributed by atoms with Crippen LogP contribution in [0, 0.1) is 0 Å². The first-order valence-electron chi connectivity index (χ1n) is 13.3. The van der Waals surface area contributed by atoms with Gasteiger partial charge in [-0.25, -0.2) is 0 Å². The van der Waals surface area contributed by atoms with Crippen LogP contribution >= 0.6 is 0 Å². The number of β-amino-alcohol motifs (C(OH)–C–C–N with tert-alkyl or cyclic N) is 1. The predicted molar refractivity (Wildman–Crippen MR) is 142 cm³/mol. The number of alkyl halides is 6.